The molecule has 1 fully saturated rings. The van der Waals surface area contributed by atoms with E-state index in [4.69, 9.17) is 21.1 Å². The molecule has 1 aromatic heterocycles. The Morgan fingerprint density at radius 3 is 2.00 bits per heavy atom. The van der Waals surface area contributed by atoms with Crippen molar-refractivity contribution in [1.29, 1.82) is 0 Å². The molecule has 26 heavy (non-hydrogen) atoms. The Bertz CT molecular complexity index is 665. The lowest BCUT2D eigenvalue weighted by Gasteiger charge is -2.24. The van der Waals surface area contributed by atoms with Gasteiger partial charge in [-0.1, -0.05) is 0 Å². The maximum Gasteiger partial charge on any atom is 0.482 e. The van der Waals surface area contributed by atoms with Gasteiger partial charge in [0.1, 0.15) is 16.9 Å². The number of ether oxygens (including phenoxy) is 2. The molecule has 0 N–H and O–H groups in total. The molecule has 1 saturated carbocycles. The number of alkyl halides is 1. The van der Waals surface area contributed by atoms with Crippen LogP contribution in [0.3, 0.4) is 0 Å². The summed E-state index contributed by atoms with van der Waals surface area (Å²) >= 11 is 5.97. The molecule has 0 unspecified atom stereocenters. The second-order valence-electron chi connectivity index (χ2n) is 8.55. The summed E-state index contributed by atoms with van der Waals surface area (Å²) in [6.45, 7) is 9.12. The molecule has 0 bridgehead atoms. The Morgan fingerprint density at radius 1 is 1.12 bits per heavy atom. The van der Waals surface area contributed by atoms with E-state index in [2.05, 4.69) is 9.97 Å². The quantitative estimate of drug-likeness (QED) is 0.570. The molecule has 1 aromatic rings. The van der Waals surface area contributed by atoms with Crippen LogP contribution >= 0.6 is 11.6 Å². The van der Waals surface area contributed by atoms with Crippen molar-refractivity contribution >= 4 is 35.8 Å². The van der Waals surface area contributed by atoms with Crippen LogP contribution in [0.5, 0.6) is 0 Å². The number of carbonyl (C=O) groups is 2. The van der Waals surface area contributed by atoms with Gasteiger partial charge in [-0.25, -0.2) is 4.98 Å². The molecule has 8 heteroatoms. The van der Waals surface area contributed by atoms with E-state index >= 15 is 0 Å². The third-order valence-corrected chi connectivity index (χ3v) is 3.86. The average Bonchev–Trinajstić information content (AvgIpc) is 3.27. The van der Waals surface area contributed by atoms with Crippen molar-refractivity contribution in [2.45, 2.75) is 77.4 Å². The fourth-order valence-electron chi connectivity index (χ4n) is 2.42. The molecule has 142 valence electrons. The Morgan fingerprint density at radius 2 is 1.62 bits per heavy atom. The maximum absolute atomic E-state index is 12.7. The first-order valence-corrected chi connectivity index (χ1v) is 9.32. The molecule has 6 nitrogen and oxygen atoms in total. The van der Waals surface area contributed by atoms with Crippen LogP contribution in [0.4, 0.5) is 9.59 Å². The van der Waals surface area contributed by atoms with Crippen LogP contribution in [-0.2, 0) is 15.4 Å². The highest BCUT2D eigenvalue weighted by atomic mass is 35.5. The summed E-state index contributed by atoms with van der Waals surface area (Å²) in [7, 11) is 0. The van der Waals surface area contributed by atoms with Gasteiger partial charge >= 0.3 is 6.71 Å². The second-order valence-corrected chi connectivity index (χ2v) is 8.81. The lowest BCUT2D eigenvalue weighted by molar-refractivity contribution is 0.0648. The van der Waals surface area contributed by atoms with Crippen molar-refractivity contribution in [3.8, 4) is 0 Å². The number of hydrogen-bond donors (Lipinski definition) is 0. The molecule has 0 amide bonds. The molecule has 1 aliphatic rings. The van der Waals surface area contributed by atoms with Gasteiger partial charge in [-0.05, 0) is 54.4 Å². The fourth-order valence-corrected chi connectivity index (χ4v) is 2.62. The molecule has 0 aliphatic heterocycles. The Hall–Kier alpha value is -1.63. The van der Waals surface area contributed by atoms with Gasteiger partial charge in [0.2, 0.25) is 0 Å². The number of carbonyl (C=O) groups excluding carboxylic acids is 2. The molecule has 2 rings (SSSR count). The zero-order valence-corrected chi connectivity index (χ0v) is 17.0. The molecule has 0 aromatic carbocycles. The Labute approximate surface area is 160 Å². The van der Waals surface area contributed by atoms with Crippen LogP contribution in [0.1, 0.15) is 71.6 Å². The molecule has 0 atom stereocenters. The second kappa shape index (κ2) is 7.55. The summed E-state index contributed by atoms with van der Waals surface area (Å²) in [5.74, 6) is -0.835. The first-order valence-electron chi connectivity index (χ1n) is 8.78. The van der Waals surface area contributed by atoms with Crippen LogP contribution in [0, 0.1) is 0 Å². The van der Waals surface area contributed by atoms with E-state index < -0.39 is 29.7 Å². The van der Waals surface area contributed by atoms with Gasteiger partial charge in [0.05, 0.1) is 11.6 Å². The molecule has 1 heterocycles. The lowest BCUT2D eigenvalue weighted by Crippen LogP contribution is -2.53. The molecule has 1 aliphatic carbocycles. The fraction of sp³-hybridized carbons (Fsp3) is 0.667. The highest BCUT2D eigenvalue weighted by Crippen LogP contribution is 2.40. The van der Waals surface area contributed by atoms with E-state index in [1.807, 2.05) is 0 Å². The summed E-state index contributed by atoms with van der Waals surface area (Å²) in [6.07, 6.45) is 3.62. The van der Waals surface area contributed by atoms with Crippen LogP contribution in [0.2, 0.25) is 0 Å². The van der Waals surface area contributed by atoms with E-state index in [9.17, 15) is 9.59 Å². The van der Waals surface area contributed by atoms with E-state index in [0.29, 0.717) is 5.92 Å². The number of hydrogen-bond acceptors (Lipinski definition) is 6. The first kappa shape index (κ1) is 20.7. The third kappa shape index (κ3) is 5.69. The Kier molecular flexibility index (Phi) is 6.00. The average molecular weight is 381 g/mol. The van der Waals surface area contributed by atoms with Gasteiger partial charge in [-0.3, -0.25) is 14.6 Å². The lowest BCUT2D eigenvalue weighted by atomic mass is 9.48. The van der Waals surface area contributed by atoms with Crippen molar-refractivity contribution in [3.63, 3.8) is 0 Å². The predicted octanol–water partition coefficient (Wildman–Crippen LogP) is 3.83. The zero-order valence-electron chi connectivity index (χ0n) is 16.3. The van der Waals surface area contributed by atoms with Crippen LogP contribution in [0.15, 0.2) is 6.20 Å². The van der Waals surface area contributed by atoms with Crippen molar-refractivity contribution in [2.24, 2.45) is 0 Å². The third-order valence-electron chi connectivity index (χ3n) is 3.57. The topological polar surface area (TPSA) is 78.4 Å². The first-order chi connectivity index (χ1) is 11.9. The minimum absolute atomic E-state index is 0.101. The highest BCUT2D eigenvalue weighted by molar-refractivity contribution is 7.16. The number of aromatic nitrogens is 2. The summed E-state index contributed by atoms with van der Waals surface area (Å²) < 4.78 is 10.8. The molecular formula is C18H26BClN2O4. The summed E-state index contributed by atoms with van der Waals surface area (Å²) in [4.78, 5) is 34.2. The van der Waals surface area contributed by atoms with Crippen molar-refractivity contribution in [2.75, 3.05) is 0 Å². The molecule has 0 spiro atoms. The SMILES string of the molecule is CC(C)(C)OC(=O)B(C(=O)OC(C)(C)C)c1ncc(CCl)c(C2CC2)n1. The minimum atomic E-state index is -1.32. The van der Waals surface area contributed by atoms with E-state index in [1.54, 1.807) is 47.7 Å². The highest BCUT2D eigenvalue weighted by Gasteiger charge is 2.45. The standard InChI is InChI=1S/C18H26BClN2O4/c1-17(2,3)25-15(23)19(16(24)26-18(4,5)6)14-21-10-12(9-20)13(22-14)11-7-8-11/h10-11H,7-9H2,1-6H3. The van der Waals surface area contributed by atoms with Crippen molar-refractivity contribution in [1.82, 2.24) is 9.97 Å². The van der Waals surface area contributed by atoms with Gasteiger partial charge in [-0.15, -0.1) is 11.6 Å². The predicted molar refractivity (Wildman–Crippen MR) is 101 cm³/mol. The zero-order chi connectivity index (χ0) is 19.7. The van der Waals surface area contributed by atoms with Gasteiger partial charge in [0.15, 0.2) is 0 Å². The molecule has 0 radical (unpaired) electrons. The number of rotatable bonds is 5. The maximum atomic E-state index is 12.7. The Balaban J connectivity index is 2.41. The number of nitrogens with zero attached hydrogens (tertiary/aromatic N) is 2. The van der Waals surface area contributed by atoms with Gasteiger partial charge in [-0.2, -0.15) is 0 Å². The van der Waals surface area contributed by atoms with E-state index in [0.717, 1.165) is 24.1 Å². The van der Waals surface area contributed by atoms with Crippen molar-refractivity contribution < 1.29 is 19.1 Å². The van der Waals surface area contributed by atoms with Gasteiger partial charge in [0, 0.05) is 17.7 Å². The van der Waals surface area contributed by atoms with Gasteiger partial charge < -0.3 is 9.47 Å². The van der Waals surface area contributed by atoms with Crippen LogP contribution in [0.25, 0.3) is 0 Å². The summed E-state index contributed by atoms with van der Waals surface area (Å²) in [5.41, 5.74) is 0.246. The monoisotopic (exact) mass is 380 g/mol. The minimum Gasteiger partial charge on any atom is -0.467 e. The molecular weight excluding hydrogens is 354 g/mol. The van der Waals surface area contributed by atoms with Crippen LogP contribution < -0.4 is 5.72 Å². The number of halogens is 1. The van der Waals surface area contributed by atoms with Crippen molar-refractivity contribution in [3.05, 3.63) is 17.5 Å². The molecule has 0 saturated heterocycles. The largest absolute Gasteiger partial charge is 0.482 e. The summed E-state index contributed by atoms with van der Waals surface area (Å²) in [6, 6.07) is 0. The summed E-state index contributed by atoms with van der Waals surface area (Å²) in [5, 5.41) is 0. The van der Waals surface area contributed by atoms with E-state index in [-0.39, 0.29) is 11.6 Å². The van der Waals surface area contributed by atoms with Crippen LogP contribution in [-0.4, -0.2) is 39.6 Å². The van der Waals surface area contributed by atoms with E-state index in [1.165, 1.54) is 0 Å². The van der Waals surface area contributed by atoms with Gasteiger partial charge in [0.25, 0.3) is 11.7 Å². The smallest absolute Gasteiger partial charge is 0.467 e. The normalized spacial score (nSPS) is 14.7.